The van der Waals surface area contributed by atoms with E-state index in [2.05, 4.69) is 31.0 Å². The van der Waals surface area contributed by atoms with Gasteiger partial charge in [0.05, 0.1) is 5.69 Å². The summed E-state index contributed by atoms with van der Waals surface area (Å²) in [5, 5.41) is 2.95. The highest BCUT2D eigenvalue weighted by Gasteiger charge is 2.26. The van der Waals surface area contributed by atoms with E-state index in [0.29, 0.717) is 23.1 Å². The van der Waals surface area contributed by atoms with Crippen LogP contribution in [0.15, 0.2) is 56.8 Å². The Morgan fingerprint density at radius 1 is 1.13 bits per heavy atom. The number of aliphatic imine (C=N–C) groups is 1. The molecule has 0 saturated heterocycles. The lowest BCUT2D eigenvalue weighted by atomic mass is 10.1. The molecule has 3 rings (SSSR count). The molecule has 0 radical (unpaired) electrons. The van der Waals surface area contributed by atoms with E-state index < -0.39 is 10.0 Å². The van der Waals surface area contributed by atoms with Crippen LogP contribution in [0.3, 0.4) is 0 Å². The fourth-order valence-electron chi connectivity index (χ4n) is 2.18. The molecule has 0 aromatic heterocycles. The molecule has 0 aliphatic carbocycles. The average molecular weight is 398 g/mol. The number of anilines is 1. The molecule has 1 heterocycles. The van der Waals surface area contributed by atoms with Crippen LogP contribution in [0.1, 0.15) is 5.56 Å². The minimum absolute atomic E-state index is 0.171. The van der Waals surface area contributed by atoms with Gasteiger partial charge in [-0.25, -0.2) is 17.5 Å². The average Bonchev–Trinajstić information content (AvgIpc) is 2.50. The van der Waals surface area contributed by atoms with E-state index in [-0.39, 0.29) is 16.7 Å². The summed E-state index contributed by atoms with van der Waals surface area (Å²) in [6.45, 7) is 0.377. The zero-order valence-electron chi connectivity index (χ0n) is 11.9. The molecule has 1 aliphatic heterocycles. The Labute approximate surface area is 141 Å². The first kappa shape index (κ1) is 15.9. The fourth-order valence-corrected chi connectivity index (χ4v) is 3.86. The molecule has 0 saturated carbocycles. The molecule has 0 unspecified atom stereocenters. The molecular formula is C15H13BrFN3O2S. The molecule has 0 fully saturated rings. The number of guanidine groups is 1. The standard InChI is InChI=1S/C15H13BrFN3O2S/c16-11-3-6-13-14(9-11)23(21,22)20-15(19-13)18-8-7-10-1-4-12(17)5-2-10/h1-6,9H,7-8H2,(H2,18,19,20). The van der Waals surface area contributed by atoms with Crippen LogP contribution < -0.4 is 10.0 Å². The second kappa shape index (κ2) is 6.29. The van der Waals surface area contributed by atoms with Crippen LogP contribution >= 0.6 is 15.9 Å². The van der Waals surface area contributed by atoms with Gasteiger partial charge in [0.25, 0.3) is 10.0 Å². The van der Waals surface area contributed by atoms with Crippen molar-refractivity contribution in [2.75, 3.05) is 11.9 Å². The van der Waals surface area contributed by atoms with Crippen LogP contribution in [0.5, 0.6) is 0 Å². The van der Waals surface area contributed by atoms with Crippen molar-refractivity contribution in [1.29, 1.82) is 0 Å². The number of sulfonamides is 1. The number of nitrogens with one attached hydrogen (secondary N) is 2. The molecule has 5 nitrogen and oxygen atoms in total. The number of benzene rings is 2. The summed E-state index contributed by atoms with van der Waals surface area (Å²) in [5.74, 6) is -0.105. The van der Waals surface area contributed by atoms with Crippen molar-refractivity contribution < 1.29 is 12.8 Å². The summed E-state index contributed by atoms with van der Waals surface area (Å²) in [7, 11) is -3.64. The third kappa shape index (κ3) is 3.70. The maximum absolute atomic E-state index is 12.8. The number of nitrogens with zero attached hydrogens (tertiary/aromatic N) is 1. The van der Waals surface area contributed by atoms with E-state index in [4.69, 9.17) is 0 Å². The predicted molar refractivity (Wildman–Crippen MR) is 90.5 cm³/mol. The topological polar surface area (TPSA) is 70.6 Å². The normalized spacial score (nSPS) is 17.2. The van der Waals surface area contributed by atoms with E-state index in [1.54, 1.807) is 24.3 Å². The van der Waals surface area contributed by atoms with Crippen molar-refractivity contribution >= 4 is 37.6 Å². The predicted octanol–water partition coefficient (Wildman–Crippen LogP) is 2.89. The Hall–Kier alpha value is -1.93. The van der Waals surface area contributed by atoms with Crippen LogP contribution in [0.25, 0.3) is 0 Å². The molecular weight excluding hydrogens is 385 g/mol. The SMILES string of the molecule is O=S1(=O)NC(=NCCc2ccc(F)cc2)Nc2ccc(Br)cc21. The van der Waals surface area contributed by atoms with Gasteiger partial charge in [0, 0.05) is 11.0 Å². The van der Waals surface area contributed by atoms with Gasteiger partial charge in [0.15, 0.2) is 0 Å². The van der Waals surface area contributed by atoms with Crippen LogP contribution in [0, 0.1) is 5.82 Å². The highest BCUT2D eigenvalue weighted by atomic mass is 79.9. The van der Waals surface area contributed by atoms with Gasteiger partial charge in [-0.2, -0.15) is 0 Å². The van der Waals surface area contributed by atoms with E-state index in [9.17, 15) is 12.8 Å². The van der Waals surface area contributed by atoms with Crippen molar-refractivity contribution in [1.82, 2.24) is 4.72 Å². The van der Waals surface area contributed by atoms with Crippen LogP contribution in [-0.4, -0.2) is 20.9 Å². The van der Waals surface area contributed by atoms with Crippen molar-refractivity contribution in [3.8, 4) is 0 Å². The van der Waals surface area contributed by atoms with E-state index in [0.717, 1.165) is 5.56 Å². The van der Waals surface area contributed by atoms with E-state index in [1.165, 1.54) is 18.2 Å². The molecule has 23 heavy (non-hydrogen) atoms. The van der Waals surface area contributed by atoms with E-state index in [1.807, 2.05) is 0 Å². The fraction of sp³-hybridized carbons (Fsp3) is 0.133. The smallest absolute Gasteiger partial charge is 0.266 e. The summed E-state index contributed by atoms with van der Waals surface area (Å²) in [4.78, 5) is 4.40. The largest absolute Gasteiger partial charge is 0.324 e. The molecule has 8 heteroatoms. The molecule has 0 amide bonds. The van der Waals surface area contributed by atoms with Gasteiger partial charge in [-0.05, 0) is 42.3 Å². The van der Waals surface area contributed by atoms with Crippen LogP contribution in [-0.2, 0) is 16.4 Å². The maximum Gasteiger partial charge on any atom is 0.266 e. The minimum atomic E-state index is -3.64. The summed E-state index contributed by atoms with van der Waals surface area (Å²) in [6, 6.07) is 11.1. The molecule has 0 bridgehead atoms. The summed E-state index contributed by atoms with van der Waals surface area (Å²) in [6.07, 6.45) is 0.584. The van der Waals surface area contributed by atoms with Crippen LogP contribution in [0.2, 0.25) is 0 Å². The van der Waals surface area contributed by atoms with Crippen molar-refractivity contribution in [2.24, 2.45) is 4.99 Å². The molecule has 2 N–H and O–H groups in total. The van der Waals surface area contributed by atoms with E-state index >= 15 is 0 Å². The second-order valence-electron chi connectivity index (χ2n) is 4.98. The first-order valence-corrected chi connectivity index (χ1v) is 9.10. The molecule has 1 aliphatic rings. The lowest BCUT2D eigenvalue weighted by Crippen LogP contribution is -2.40. The Morgan fingerprint density at radius 2 is 1.87 bits per heavy atom. The number of rotatable bonds is 3. The number of hydrogen-bond donors (Lipinski definition) is 2. The van der Waals surface area contributed by atoms with Gasteiger partial charge < -0.3 is 5.32 Å². The van der Waals surface area contributed by atoms with Crippen LogP contribution in [0.4, 0.5) is 10.1 Å². The number of hydrogen-bond acceptors (Lipinski definition) is 3. The van der Waals surface area contributed by atoms with Gasteiger partial charge >= 0.3 is 0 Å². The number of fused-ring (bicyclic) bond motifs is 1. The maximum atomic E-state index is 12.8. The highest BCUT2D eigenvalue weighted by Crippen LogP contribution is 2.27. The first-order valence-electron chi connectivity index (χ1n) is 6.82. The van der Waals surface area contributed by atoms with Crippen molar-refractivity contribution in [3.05, 3.63) is 58.3 Å². The Bertz CT molecular complexity index is 867. The summed E-state index contributed by atoms with van der Waals surface area (Å²) >= 11 is 3.25. The van der Waals surface area contributed by atoms with Crippen molar-refractivity contribution in [3.63, 3.8) is 0 Å². The summed E-state index contributed by atoms with van der Waals surface area (Å²) < 4.78 is 40.3. The molecule has 0 spiro atoms. The summed E-state index contributed by atoms with van der Waals surface area (Å²) in [5.41, 5.74) is 1.41. The Balaban J connectivity index is 1.75. The molecule has 2 aromatic carbocycles. The minimum Gasteiger partial charge on any atom is -0.324 e. The van der Waals surface area contributed by atoms with Gasteiger partial charge in [-0.15, -0.1) is 0 Å². The third-order valence-corrected chi connectivity index (χ3v) is 5.17. The zero-order valence-corrected chi connectivity index (χ0v) is 14.3. The number of halogens is 2. The Morgan fingerprint density at radius 3 is 2.61 bits per heavy atom. The monoisotopic (exact) mass is 397 g/mol. The third-order valence-electron chi connectivity index (χ3n) is 3.30. The Kier molecular flexibility index (Phi) is 4.36. The molecule has 0 atom stereocenters. The molecule has 120 valence electrons. The van der Waals surface area contributed by atoms with Gasteiger partial charge in [-0.1, -0.05) is 28.1 Å². The molecule has 2 aromatic rings. The van der Waals surface area contributed by atoms with Gasteiger partial charge in [0.2, 0.25) is 5.96 Å². The van der Waals surface area contributed by atoms with Crippen molar-refractivity contribution in [2.45, 2.75) is 11.3 Å². The van der Waals surface area contributed by atoms with Gasteiger partial charge in [-0.3, -0.25) is 4.99 Å². The first-order chi connectivity index (χ1) is 10.9. The zero-order chi connectivity index (χ0) is 16.4. The lowest BCUT2D eigenvalue weighted by Gasteiger charge is -2.21. The quantitative estimate of drug-likeness (QED) is 0.836. The highest BCUT2D eigenvalue weighted by molar-refractivity contribution is 9.10. The van der Waals surface area contributed by atoms with Gasteiger partial charge in [0.1, 0.15) is 10.7 Å². The second-order valence-corrected chi connectivity index (χ2v) is 7.54. The lowest BCUT2D eigenvalue weighted by molar-refractivity contribution is 0.591.